The molecule has 0 saturated carbocycles. The van der Waals surface area contributed by atoms with E-state index in [1.165, 1.54) is 12.1 Å². The molecule has 20 heavy (non-hydrogen) atoms. The first-order chi connectivity index (χ1) is 9.47. The molecule has 1 saturated heterocycles. The quantitative estimate of drug-likeness (QED) is 0.726. The number of benzene rings is 1. The summed E-state index contributed by atoms with van der Waals surface area (Å²) in [4.78, 5) is 14.2. The van der Waals surface area contributed by atoms with E-state index in [1.54, 1.807) is 6.07 Å². The van der Waals surface area contributed by atoms with Gasteiger partial charge in [0, 0.05) is 25.0 Å². The maximum Gasteiger partial charge on any atom is 0.225 e. The number of likely N-dealkylation sites (tertiary alicyclic amines) is 1. The fourth-order valence-corrected chi connectivity index (χ4v) is 2.57. The predicted octanol–water partition coefficient (Wildman–Crippen LogP) is 1.23. The van der Waals surface area contributed by atoms with E-state index in [4.69, 9.17) is 5.73 Å². The third-order valence-electron chi connectivity index (χ3n) is 3.85. The number of carbonyl (C=O) groups excluding carboxylic acids is 1. The third-order valence-corrected chi connectivity index (χ3v) is 3.85. The first kappa shape index (κ1) is 14.7. The zero-order valence-electron chi connectivity index (χ0n) is 11.7. The van der Waals surface area contributed by atoms with Crippen LogP contribution in [0.4, 0.5) is 0 Å². The normalized spacial score (nSPS) is 18.0. The van der Waals surface area contributed by atoms with Crippen molar-refractivity contribution in [1.82, 2.24) is 4.90 Å². The Bertz CT molecular complexity index is 482. The van der Waals surface area contributed by atoms with Crippen molar-refractivity contribution in [2.24, 2.45) is 11.7 Å². The molecule has 0 aromatic heterocycles. The van der Waals surface area contributed by atoms with Crippen LogP contribution in [0.5, 0.6) is 11.5 Å². The van der Waals surface area contributed by atoms with Crippen LogP contribution in [-0.4, -0.2) is 40.2 Å². The summed E-state index contributed by atoms with van der Waals surface area (Å²) < 4.78 is 0. The fraction of sp³-hybridized carbons (Fsp3) is 0.533. The molecule has 0 radical (unpaired) electrons. The molecule has 1 atom stereocenters. The van der Waals surface area contributed by atoms with Gasteiger partial charge in [0.05, 0.1) is 0 Å². The molecule has 1 aromatic rings. The molecule has 5 heteroatoms. The van der Waals surface area contributed by atoms with E-state index in [0.717, 1.165) is 31.5 Å². The number of nitrogens with zero attached hydrogens (tertiary/aromatic N) is 1. The highest BCUT2D eigenvalue weighted by atomic mass is 16.3. The molecule has 1 aliphatic heterocycles. The molecule has 110 valence electrons. The smallest absolute Gasteiger partial charge is 0.225 e. The van der Waals surface area contributed by atoms with Crippen LogP contribution in [-0.2, 0) is 11.2 Å². The lowest BCUT2D eigenvalue weighted by Crippen LogP contribution is -2.45. The van der Waals surface area contributed by atoms with Crippen molar-refractivity contribution in [2.75, 3.05) is 13.1 Å². The van der Waals surface area contributed by atoms with Gasteiger partial charge in [-0.1, -0.05) is 13.0 Å². The molecule has 0 spiro atoms. The molecule has 1 amide bonds. The van der Waals surface area contributed by atoms with E-state index in [2.05, 4.69) is 0 Å². The zero-order valence-corrected chi connectivity index (χ0v) is 11.7. The summed E-state index contributed by atoms with van der Waals surface area (Å²) in [6.07, 6.45) is 2.27. The Labute approximate surface area is 119 Å². The highest BCUT2D eigenvalue weighted by molar-refractivity contribution is 5.79. The number of aromatic hydroxyl groups is 2. The van der Waals surface area contributed by atoms with Gasteiger partial charge in [0.25, 0.3) is 0 Å². The lowest BCUT2D eigenvalue weighted by molar-refractivity contribution is -0.136. The highest BCUT2D eigenvalue weighted by Gasteiger charge is 2.24. The first-order valence-electron chi connectivity index (χ1n) is 7.02. The summed E-state index contributed by atoms with van der Waals surface area (Å²) in [5, 5.41) is 18.7. The molecular formula is C15H22N2O3. The van der Waals surface area contributed by atoms with Crippen LogP contribution in [0.15, 0.2) is 18.2 Å². The maximum absolute atomic E-state index is 12.3. The van der Waals surface area contributed by atoms with E-state index in [9.17, 15) is 15.0 Å². The van der Waals surface area contributed by atoms with Gasteiger partial charge in [0.2, 0.25) is 5.91 Å². The van der Waals surface area contributed by atoms with Crippen molar-refractivity contribution in [2.45, 2.75) is 32.2 Å². The minimum Gasteiger partial charge on any atom is -0.504 e. The average molecular weight is 278 g/mol. The van der Waals surface area contributed by atoms with Crippen LogP contribution >= 0.6 is 0 Å². The molecular weight excluding hydrogens is 256 g/mol. The fourth-order valence-electron chi connectivity index (χ4n) is 2.57. The SMILES string of the molecule is CC(Cc1ccc(O)c(O)c1)C(=O)N1CCC(N)CC1. The van der Waals surface area contributed by atoms with E-state index < -0.39 is 0 Å². The second-order valence-electron chi connectivity index (χ2n) is 5.59. The van der Waals surface area contributed by atoms with Crippen molar-refractivity contribution in [3.8, 4) is 11.5 Å². The molecule has 1 fully saturated rings. The van der Waals surface area contributed by atoms with Gasteiger partial charge >= 0.3 is 0 Å². The summed E-state index contributed by atoms with van der Waals surface area (Å²) in [5.74, 6) is -0.304. The van der Waals surface area contributed by atoms with Gasteiger partial charge in [-0.2, -0.15) is 0 Å². The van der Waals surface area contributed by atoms with Gasteiger partial charge in [0.1, 0.15) is 0 Å². The number of carbonyl (C=O) groups is 1. The number of phenols is 2. The van der Waals surface area contributed by atoms with Crippen molar-refractivity contribution >= 4 is 5.91 Å². The van der Waals surface area contributed by atoms with E-state index in [0.29, 0.717) is 6.42 Å². The topological polar surface area (TPSA) is 86.8 Å². The molecule has 0 aliphatic carbocycles. The second-order valence-corrected chi connectivity index (χ2v) is 5.59. The van der Waals surface area contributed by atoms with Crippen LogP contribution in [0.2, 0.25) is 0 Å². The van der Waals surface area contributed by atoms with Crippen LogP contribution in [0.1, 0.15) is 25.3 Å². The number of hydrogen-bond donors (Lipinski definition) is 3. The Hall–Kier alpha value is -1.75. The summed E-state index contributed by atoms with van der Waals surface area (Å²) in [7, 11) is 0. The zero-order chi connectivity index (χ0) is 14.7. The number of rotatable bonds is 3. The van der Waals surface area contributed by atoms with E-state index >= 15 is 0 Å². The minimum absolute atomic E-state index is 0.129. The first-order valence-corrected chi connectivity index (χ1v) is 7.02. The molecule has 4 N–H and O–H groups in total. The third kappa shape index (κ3) is 3.42. The largest absolute Gasteiger partial charge is 0.504 e. The Morgan fingerprint density at radius 2 is 2.00 bits per heavy atom. The number of piperidine rings is 1. The average Bonchev–Trinajstić information content (AvgIpc) is 2.43. The van der Waals surface area contributed by atoms with Gasteiger partial charge < -0.3 is 20.8 Å². The van der Waals surface area contributed by atoms with Gasteiger partial charge in [-0.25, -0.2) is 0 Å². The lowest BCUT2D eigenvalue weighted by Gasteiger charge is -2.32. The van der Waals surface area contributed by atoms with Gasteiger partial charge in [-0.3, -0.25) is 4.79 Å². The molecule has 1 heterocycles. The van der Waals surface area contributed by atoms with Crippen molar-refractivity contribution < 1.29 is 15.0 Å². The monoisotopic (exact) mass is 278 g/mol. The van der Waals surface area contributed by atoms with E-state index in [1.807, 2.05) is 11.8 Å². The summed E-state index contributed by atoms with van der Waals surface area (Å²) in [6, 6.07) is 4.89. The van der Waals surface area contributed by atoms with Gasteiger partial charge in [-0.15, -0.1) is 0 Å². The number of nitrogens with two attached hydrogens (primary N) is 1. The van der Waals surface area contributed by atoms with Crippen molar-refractivity contribution in [1.29, 1.82) is 0 Å². The summed E-state index contributed by atoms with van der Waals surface area (Å²) in [6.45, 7) is 3.34. The van der Waals surface area contributed by atoms with Crippen LogP contribution in [0.25, 0.3) is 0 Å². The minimum atomic E-state index is -0.147. The second kappa shape index (κ2) is 6.13. The van der Waals surface area contributed by atoms with Crippen LogP contribution < -0.4 is 5.73 Å². The number of amides is 1. The van der Waals surface area contributed by atoms with E-state index in [-0.39, 0.29) is 29.4 Å². The van der Waals surface area contributed by atoms with Gasteiger partial charge in [0.15, 0.2) is 11.5 Å². The Kier molecular flexibility index (Phi) is 4.49. The molecule has 1 aromatic carbocycles. The highest BCUT2D eigenvalue weighted by Crippen LogP contribution is 2.26. The predicted molar refractivity (Wildman–Crippen MR) is 76.4 cm³/mol. The molecule has 0 bridgehead atoms. The van der Waals surface area contributed by atoms with Crippen molar-refractivity contribution in [3.05, 3.63) is 23.8 Å². The Balaban J connectivity index is 1.95. The summed E-state index contributed by atoms with van der Waals surface area (Å²) >= 11 is 0. The molecule has 1 unspecified atom stereocenters. The molecule has 2 rings (SSSR count). The Morgan fingerprint density at radius 1 is 1.35 bits per heavy atom. The van der Waals surface area contributed by atoms with Crippen LogP contribution in [0.3, 0.4) is 0 Å². The molecule has 1 aliphatic rings. The maximum atomic E-state index is 12.3. The summed E-state index contributed by atoms with van der Waals surface area (Å²) in [5.41, 5.74) is 6.68. The lowest BCUT2D eigenvalue weighted by atomic mass is 9.97. The van der Waals surface area contributed by atoms with Gasteiger partial charge in [-0.05, 0) is 37.0 Å². The van der Waals surface area contributed by atoms with Crippen molar-refractivity contribution in [3.63, 3.8) is 0 Å². The number of phenolic OH excluding ortho intramolecular Hbond substituents is 2. The Morgan fingerprint density at radius 3 is 2.60 bits per heavy atom. The standard InChI is InChI=1S/C15H22N2O3/c1-10(8-11-2-3-13(18)14(19)9-11)15(20)17-6-4-12(16)5-7-17/h2-3,9-10,12,18-19H,4-8,16H2,1H3. The number of hydrogen-bond acceptors (Lipinski definition) is 4. The molecule has 5 nitrogen and oxygen atoms in total. The van der Waals surface area contributed by atoms with Crippen LogP contribution in [0, 0.1) is 5.92 Å².